The Bertz CT molecular complexity index is 673. The van der Waals surface area contributed by atoms with E-state index in [0.717, 1.165) is 18.2 Å². The highest BCUT2D eigenvalue weighted by Gasteiger charge is 2.35. The van der Waals surface area contributed by atoms with Crippen molar-refractivity contribution in [3.8, 4) is 0 Å². The van der Waals surface area contributed by atoms with Gasteiger partial charge in [0.1, 0.15) is 0 Å². The van der Waals surface area contributed by atoms with E-state index < -0.39 is 0 Å². The van der Waals surface area contributed by atoms with E-state index in [1.54, 1.807) is 0 Å². The molecule has 1 saturated carbocycles. The average molecular weight is 482 g/mol. The lowest BCUT2D eigenvalue weighted by Gasteiger charge is -2.29. The minimum Gasteiger partial charge on any atom is -0.355 e. The normalized spacial score (nSPS) is 16.0. The van der Waals surface area contributed by atoms with Gasteiger partial charge < -0.3 is 10.6 Å². The van der Waals surface area contributed by atoms with Crippen molar-refractivity contribution in [3.63, 3.8) is 0 Å². The van der Waals surface area contributed by atoms with Gasteiger partial charge in [-0.1, -0.05) is 37.1 Å². The van der Waals surface area contributed by atoms with Crippen LogP contribution in [0.15, 0.2) is 64.6 Å². The molecule has 0 saturated heterocycles. The highest BCUT2D eigenvalue weighted by molar-refractivity contribution is 14.0. The Balaban J connectivity index is 0.00000243. The molecule has 140 valence electrons. The van der Waals surface area contributed by atoms with Crippen LogP contribution in [0.1, 0.15) is 31.4 Å². The predicted molar refractivity (Wildman–Crippen MR) is 121 cm³/mol. The standard InChI is InChI=1S/C20H26N4S.HI/c1-21-19(23-15-17-9-5-8-14-22-17)24-16-20(12-6-7-13-20)25-18-10-3-2-4-11-18;/h2-5,8-11,14H,6-7,12-13,15-16H2,1H3,(H2,21,23,24);1H. The maximum absolute atomic E-state index is 4.36. The average Bonchev–Trinajstić information content (AvgIpc) is 3.12. The van der Waals surface area contributed by atoms with Crippen LogP contribution in [0, 0.1) is 0 Å². The maximum Gasteiger partial charge on any atom is 0.191 e. The van der Waals surface area contributed by atoms with Gasteiger partial charge >= 0.3 is 0 Å². The molecule has 0 aliphatic heterocycles. The molecule has 1 aliphatic rings. The van der Waals surface area contributed by atoms with E-state index in [0.29, 0.717) is 6.54 Å². The van der Waals surface area contributed by atoms with Gasteiger partial charge in [0.15, 0.2) is 5.96 Å². The molecule has 0 bridgehead atoms. The quantitative estimate of drug-likeness (QED) is 0.363. The number of nitrogens with one attached hydrogen (secondary N) is 2. The van der Waals surface area contributed by atoms with Gasteiger partial charge in [-0.3, -0.25) is 9.98 Å². The molecule has 1 heterocycles. The summed E-state index contributed by atoms with van der Waals surface area (Å²) in [5.74, 6) is 0.839. The number of thioether (sulfide) groups is 1. The summed E-state index contributed by atoms with van der Waals surface area (Å²) < 4.78 is 0.254. The zero-order chi connectivity index (χ0) is 17.4. The van der Waals surface area contributed by atoms with Crippen molar-refractivity contribution in [1.82, 2.24) is 15.6 Å². The number of guanidine groups is 1. The molecular weight excluding hydrogens is 455 g/mol. The fraction of sp³-hybridized carbons (Fsp3) is 0.400. The number of halogens is 1. The van der Waals surface area contributed by atoms with E-state index in [9.17, 15) is 0 Å². The first-order valence-corrected chi connectivity index (χ1v) is 9.70. The lowest BCUT2D eigenvalue weighted by molar-refractivity contribution is 0.582. The SMILES string of the molecule is CN=C(NCc1ccccn1)NCC1(Sc2ccccc2)CCCC1.I. The van der Waals surface area contributed by atoms with Gasteiger partial charge in [0.25, 0.3) is 0 Å². The van der Waals surface area contributed by atoms with Crippen molar-refractivity contribution >= 4 is 41.7 Å². The summed E-state index contributed by atoms with van der Waals surface area (Å²) in [6, 6.07) is 16.7. The van der Waals surface area contributed by atoms with Crippen LogP contribution in [0.3, 0.4) is 0 Å². The number of rotatable bonds is 6. The summed E-state index contributed by atoms with van der Waals surface area (Å²) in [5.41, 5.74) is 1.01. The van der Waals surface area contributed by atoms with Gasteiger partial charge in [0.2, 0.25) is 0 Å². The van der Waals surface area contributed by atoms with Crippen molar-refractivity contribution in [3.05, 3.63) is 60.4 Å². The molecule has 3 rings (SSSR count). The minimum absolute atomic E-state index is 0. The highest BCUT2D eigenvalue weighted by Crippen LogP contribution is 2.44. The zero-order valence-electron chi connectivity index (χ0n) is 15.1. The number of aromatic nitrogens is 1. The van der Waals surface area contributed by atoms with Crippen LogP contribution in [0.2, 0.25) is 0 Å². The van der Waals surface area contributed by atoms with Crippen molar-refractivity contribution in [2.24, 2.45) is 4.99 Å². The maximum atomic E-state index is 4.36. The number of benzene rings is 1. The number of pyridine rings is 1. The summed E-state index contributed by atoms with van der Waals surface area (Å²) in [6.07, 6.45) is 6.92. The minimum atomic E-state index is 0. The lowest BCUT2D eigenvalue weighted by Crippen LogP contribution is -2.44. The molecule has 0 radical (unpaired) electrons. The Labute approximate surface area is 177 Å². The van der Waals surface area contributed by atoms with Gasteiger partial charge in [0, 0.05) is 29.4 Å². The molecule has 1 aromatic carbocycles. The van der Waals surface area contributed by atoms with Crippen LogP contribution in [0.25, 0.3) is 0 Å². The van der Waals surface area contributed by atoms with Crippen molar-refractivity contribution < 1.29 is 0 Å². The molecule has 6 heteroatoms. The Kier molecular flexibility index (Phi) is 8.71. The van der Waals surface area contributed by atoms with E-state index in [2.05, 4.69) is 50.9 Å². The molecule has 4 nitrogen and oxygen atoms in total. The van der Waals surface area contributed by atoms with E-state index in [1.807, 2.05) is 43.2 Å². The van der Waals surface area contributed by atoms with E-state index in [4.69, 9.17) is 0 Å². The third kappa shape index (κ3) is 6.16. The largest absolute Gasteiger partial charge is 0.355 e. The van der Waals surface area contributed by atoms with Gasteiger partial charge in [-0.25, -0.2) is 0 Å². The van der Waals surface area contributed by atoms with Gasteiger partial charge in [-0.05, 0) is 37.1 Å². The Hall–Kier alpha value is -1.28. The van der Waals surface area contributed by atoms with E-state index in [-0.39, 0.29) is 28.7 Å². The van der Waals surface area contributed by atoms with Crippen LogP contribution in [-0.4, -0.2) is 29.3 Å². The Morgan fingerprint density at radius 1 is 1.08 bits per heavy atom. The molecule has 26 heavy (non-hydrogen) atoms. The molecule has 1 fully saturated rings. The van der Waals surface area contributed by atoms with E-state index >= 15 is 0 Å². The second kappa shape index (κ2) is 10.8. The topological polar surface area (TPSA) is 49.3 Å². The van der Waals surface area contributed by atoms with Gasteiger partial charge in [-0.2, -0.15) is 0 Å². The highest BCUT2D eigenvalue weighted by atomic mass is 127. The molecule has 0 amide bonds. The van der Waals surface area contributed by atoms with Crippen molar-refractivity contribution in [2.75, 3.05) is 13.6 Å². The third-order valence-corrected chi connectivity index (χ3v) is 6.05. The molecule has 2 aromatic rings. The zero-order valence-corrected chi connectivity index (χ0v) is 18.3. The van der Waals surface area contributed by atoms with Crippen LogP contribution in [0.4, 0.5) is 0 Å². The third-order valence-electron chi connectivity index (χ3n) is 4.56. The second-order valence-electron chi connectivity index (χ2n) is 6.41. The molecule has 2 N–H and O–H groups in total. The van der Waals surface area contributed by atoms with Crippen LogP contribution in [-0.2, 0) is 6.54 Å². The Morgan fingerprint density at radius 3 is 2.46 bits per heavy atom. The molecule has 1 aromatic heterocycles. The van der Waals surface area contributed by atoms with Crippen molar-refractivity contribution in [1.29, 1.82) is 0 Å². The number of hydrogen-bond donors (Lipinski definition) is 2. The number of aliphatic imine (C=N–C) groups is 1. The Morgan fingerprint density at radius 2 is 1.81 bits per heavy atom. The first kappa shape index (κ1) is 21.0. The number of nitrogens with zero attached hydrogens (tertiary/aromatic N) is 2. The van der Waals surface area contributed by atoms with Crippen LogP contribution >= 0.6 is 35.7 Å². The van der Waals surface area contributed by atoms with Gasteiger partial charge in [0.05, 0.1) is 12.2 Å². The van der Waals surface area contributed by atoms with Crippen molar-refractivity contribution in [2.45, 2.75) is 41.9 Å². The fourth-order valence-electron chi connectivity index (χ4n) is 3.22. The summed E-state index contributed by atoms with van der Waals surface area (Å²) in [6.45, 7) is 1.60. The fourth-order valence-corrected chi connectivity index (χ4v) is 4.65. The summed E-state index contributed by atoms with van der Waals surface area (Å²) in [5, 5.41) is 6.89. The van der Waals surface area contributed by atoms with E-state index in [1.165, 1.54) is 30.6 Å². The summed E-state index contributed by atoms with van der Waals surface area (Å²) in [4.78, 5) is 10.1. The molecular formula is C20H27IN4S. The van der Waals surface area contributed by atoms with Gasteiger partial charge in [-0.15, -0.1) is 35.7 Å². The first-order valence-electron chi connectivity index (χ1n) is 8.88. The second-order valence-corrected chi connectivity index (χ2v) is 7.95. The smallest absolute Gasteiger partial charge is 0.191 e. The summed E-state index contributed by atoms with van der Waals surface area (Å²) >= 11 is 2.01. The lowest BCUT2D eigenvalue weighted by atomic mass is 10.1. The van der Waals surface area contributed by atoms with Crippen LogP contribution < -0.4 is 10.6 Å². The summed E-state index contributed by atoms with van der Waals surface area (Å²) in [7, 11) is 1.82. The molecule has 0 spiro atoms. The van der Waals surface area contributed by atoms with Crippen LogP contribution in [0.5, 0.6) is 0 Å². The molecule has 0 atom stereocenters. The monoisotopic (exact) mass is 482 g/mol. The molecule has 1 aliphatic carbocycles. The predicted octanol–water partition coefficient (Wildman–Crippen LogP) is 4.47. The molecule has 0 unspecified atom stereocenters. The first-order chi connectivity index (χ1) is 12.3. The number of hydrogen-bond acceptors (Lipinski definition) is 3.